The van der Waals surface area contributed by atoms with Gasteiger partial charge in [0.2, 0.25) is 0 Å². The molecule has 0 nitrogen and oxygen atoms in total. The molecule has 56 valence electrons. The lowest BCUT2D eigenvalue weighted by Crippen LogP contribution is -2.22. The lowest BCUT2D eigenvalue weighted by atomic mass is 9.29. The molecule has 1 aliphatic heterocycles. The van der Waals surface area contributed by atoms with Gasteiger partial charge >= 0.3 is 0 Å². The van der Waals surface area contributed by atoms with Crippen LogP contribution in [0.2, 0.25) is 31.0 Å². The van der Waals surface area contributed by atoms with Gasteiger partial charge in [0.1, 0.15) is 13.4 Å². The smallest absolute Gasteiger partial charge is 0.0946 e. The van der Waals surface area contributed by atoms with Crippen LogP contribution in [0.1, 0.15) is 20.8 Å². The molecule has 0 aromatic heterocycles. The Balaban J connectivity index is 2.45. The highest BCUT2D eigenvalue weighted by molar-refractivity contribution is 6.83. The maximum Gasteiger partial charge on any atom is 0.137 e. The van der Waals surface area contributed by atoms with Crippen molar-refractivity contribution in [3.63, 3.8) is 0 Å². The highest BCUT2D eigenvalue weighted by Crippen LogP contribution is 2.37. The van der Waals surface area contributed by atoms with Gasteiger partial charge < -0.3 is 0 Å². The van der Waals surface area contributed by atoms with Gasteiger partial charge in [0, 0.05) is 0 Å². The summed E-state index contributed by atoms with van der Waals surface area (Å²) in [6.45, 7) is 11.5. The Labute approximate surface area is 65.9 Å². The van der Waals surface area contributed by atoms with E-state index >= 15 is 0 Å². The third kappa shape index (κ3) is 1.81. The van der Waals surface area contributed by atoms with E-state index < -0.39 is 0 Å². The Bertz CT molecular complexity index is 115. The molecule has 1 rings (SSSR count). The molecular weight excluding hydrogens is 118 g/mol. The first kappa shape index (κ1) is 8.23. The minimum Gasteiger partial charge on any atom is -0.0946 e. The standard InChI is InChI=1S/C8H18B2/c1-8(2,3)10-6-5-9(4)7-10/h5-7H2,1-4H3. The molecule has 0 spiro atoms. The summed E-state index contributed by atoms with van der Waals surface area (Å²) < 4.78 is 0. The molecule has 1 aliphatic rings. The fourth-order valence-electron chi connectivity index (χ4n) is 1.99. The molecule has 0 aliphatic carbocycles. The molecule has 0 amide bonds. The largest absolute Gasteiger partial charge is 0.137 e. The summed E-state index contributed by atoms with van der Waals surface area (Å²) in [5, 5.41) is 0.560. The van der Waals surface area contributed by atoms with Crippen LogP contribution in [-0.2, 0) is 0 Å². The summed E-state index contributed by atoms with van der Waals surface area (Å²) in [5.74, 6) is 0. The zero-order chi connectivity index (χ0) is 7.78. The van der Waals surface area contributed by atoms with Gasteiger partial charge in [0.25, 0.3) is 0 Å². The van der Waals surface area contributed by atoms with Crippen molar-refractivity contribution >= 4 is 13.4 Å². The van der Waals surface area contributed by atoms with Crippen molar-refractivity contribution in [1.29, 1.82) is 0 Å². The first-order valence-electron chi connectivity index (χ1n) is 4.50. The van der Waals surface area contributed by atoms with Crippen LogP contribution in [0, 0.1) is 0 Å². The van der Waals surface area contributed by atoms with Gasteiger partial charge in [0.05, 0.1) is 0 Å². The molecular formula is C8H18B2. The maximum absolute atomic E-state index is 2.38. The normalized spacial score (nSPS) is 20.4. The van der Waals surface area contributed by atoms with Crippen molar-refractivity contribution in [1.82, 2.24) is 0 Å². The summed E-state index contributed by atoms with van der Waals surface area (Å²) in [5.41, 5.74) is 0. The van der Waals surface area contributed by atoms with E-state index in [4.69, 9.17) is 0 Å². The van der Waals surface area contributed by atoms with Gasteiger partial charge in [0.15, 0.2) is 0 Å². The Morgan fingerprint density at radius 2 is 1.70 bits per heavy atom. The van der Waals surface area contributed by atoms with Crippen LogP contribution in [0.15, 0.2) is 0 Å². The molecule has 2 heteroatoms. The number of hydrogen-bond acceptors (Lipinski definition) is 0. The molecule has 0 atom stereocenters. The second-order valence-electron chi connectivity index (χ2n) is 4.98. The van der Waals surface area contributed by atoms with Crippen molar-refractivity contribution in [3.05, 3.63) is 0 Å². The highest BCUT2D eigenvalue weighted by Gasteiger charge is 2.35. The minimum atomic E-state index is 0.560. The van der Waals surface area contributed by atoms with Crippen LogP contribution < -0.4 is 0 Å². The van der Waals surface area contributed by atoms with Crippen molar-refractivity contribution in [2.24, 2.45) is 0 Å². The SMILES string of the molecule is CB1CCB(C(C)(C)C)C1. The zero-order valence-electron chi connectivity index (χ0n) is 7.78. The predicted molar refractivity (Wildman–Crippen MR) is 51.5 cm³/mol. The molecule has 0 radical (unpaired) electrons. The molecule has 0 unspecified atom stereocenters. The van der Waals surface area contributed by atoms with E-state index in [1.807, 2.05) is 0 Å². The highest BCUT2D eigenvalue weighted by atomic mass is 14.1. The van der Waals surface area contributed by atoms with Crippen LogP contribution in [-0.4, -0.2) is 13.4 Å². The van der Waals surface area contributed by atoms with E-state index in [2.05, 4.69) is 27.6 Å². The van der Waals surface area contributed by atoms with Crippen molar-refractivity contribution < 1.29 is 0 Å². The third-order valence-electron chi connectivity index (χ3n) is 2.92. The van der Waals surface area contributed by atoms with Crippen LogP contribution >= 0.6 is 0 Å². The van der Waals surface area contributed by atoms with Crippen molar-refractivity contribution in [2.75, 3.05) is 0 Å². The predicted octanol–water partition coefficient (Wildman–Crippen LogP) is 2.96. The zero-order valence-corrected chi connectivity index (χ0v) is 7.78. The van der Waals surface area contributed by atoms with Crippen molar-refractivity contribution in [2.45, 2.75) is 51.8 Å². The van der Waals surface area contributed by atoms with E-state index in [0.29, 0.717) is 5.31 Å². The van der Waals surface area contributed by atoms with Crippen LogP contribution in [0.3, 0.4) is 0 Å². The first-order valence-corrected chi connectivity index (χ1v) is 4.50. The topological polar surface area (TPSA) is 0 Å². The van der Waals surface area contributed by atoms with Crippen LogP contribution in [0.25, 0.3) is 0 Å². The Morgan fingerprint density at radius 1 is 1.10 bits per heavy atom. The van der Waals surface area contributed by atoms with E-state index in [1.54, 1.807) is 0 Å². The van der Waals surface area contributed by atoms with Gasteiger partial charge in [-0.1, -0.05) is 51.8 Å². The second-order valence-corrected chi connectivity index (χ2v) is 4.98. The second kappa shape index (κ2) is 2.64. The Morgan fingerprint density at radius 3 is 1.90 bits per heavy atom. The summed E-state index contributed by atoms with van der Waals surface area (Å²) in [4.78, 5) is 0. The summed E-state index contributed by atoms with van der Waals surface area (Å²) in [6, 6.07) is 0. The quantitative estimate of drug-likeness (QED) is 0.449. The molecule has 0 aromatic carbocycles. The molecule has 1 fully saturated rings. The maximum atomic E-state index is 2.38. The Kier molecular flexibility index (Phi) is 2.17. The van der Waals surface area contributed by atoms with Gasteiger partial charge in [-0.15, -0.1) is 0 Å². The lowest BCUT2D eigenvalue weighted by molar-refractivity contribution is 0.736. The molecule has 0 bridgehead atoms. The molecule has 10 heavy (non-hydrogen) atoms. The molecule has 0 N–H and O–H groups in total. The summed E-state index contributed by atoms with van der Waals surface area (Å²) in [6.07, 6.45) is 4.39. The molecule has 1 heterocycles. The van der Waals surface area contributed by atoms with E-state index in [9.17, 15) is 0 Å². The summed E-state index contributed by atoms with van der Waals surface area (Å²) in [7, 11) is 0. The van der Waals surface area contributed by atoms with Gasteiger partial charge in [-0.3, -0.25) is 0 Å². The van der Waals surface area contributed by atoms with Crippen LogP contribution in [0.5, 0.6) is 0 Å². The third-order valence-corrected chi connectivity index (χ3v) is 2.92. The monoisotopic (exact) mass is 136 g/mol. The fraction of sp³-hybridized carbons (Fsp3) is 1.00. The van der Waals surface area contributed by atoms with E-state index in [1.165, 1.54) is 18.9 Å². The summed E-state index contributed by atoms with van der Waals surface area (Å²) >= 11 is 0. The number of hydrogen-bond donors (Lipinski definition) is 0. The van der Waals surface area contributed by atoms with Crippen LogP contribution in [0.4, 0.5) is 0 Å². The first-order chi connectivity index (χ1) is 4.50. The lowest BCUT2D eigenvalue weighted by Gasteiger charge is -2.23. The molecule has 0 aromatic rings. The minimum absolute atomic E-state index is 0.560. The fourth-order valence-corrected chi connectivity index (χ4v) is 1.99. The Hall–Kier alpha value is 0.130. The van der Waals surface area contributed by atoms with Gasteiger partial charge in [-0.05, 0) is 0 Å². The van der Waals surface area contributed by atoms with E-state index in [0.717, 1.165) is 13.4 Å². The van der Waals surface area contributed by atoms with Crippen molar-refractivity contribution in [3.8, 4) is 0 Å². The van der Waals surface area contributed by atoms with Gasteiger partial charge in [-0.2, -0.15) is 0 Å². The number of rotatable bonds is 0. The van der Waals surface area contributed by atoms with E-state index in [-0.39, 0.29) is 0 Å². The average Bonchev–Trinajstić information content (AvgIpc) is 2.11. The molecule has 0 saturated carbocycles. The average molecular weight is 136 g/mol. The molecule has 1 saturated heterocycles. The van der Waals surface area contributed by atoms with Gasteiger partial charge in [-0.25, -0.2) is 0 Å².